The first-order chi connectivity index (χ1) is 18.0. The Morgan fingerprint density at radius 2 is 1.76 bits per heavy atom. The number of likely N-dealkylation sites (tertiary alicyclic amines) is 1. The Balaban J connectivity index is 1.20. The molecule has 198 valence electrons. The first-order valence-corrected chi connectivity index (χ1v) is 12.0. The summed E-state index contributed by atoms with van der Waals surface area (Å²) in [5.41, 5.74) is 1.20. The number of halogens is 3. The van der Waals surface area contributed by atoms with Crippen LogP contribution < -0.4 is 10.1 Å². The van der Waals surface area contributed by atoms with Crippen LogP contribution in [0.15, 0.2) is 42.5 Å². The van der Waals surface area contributed by atoms with Gasteiger partial charge in [0.15, 0.2) is 0 Å². The molecule has 2 aromatic rings. The Morgan fingerprint density at radius 1 is 1.03 bits per heavy atom. The summed E-state index contributed by atoms with van der Waals surface area (Å²) in [7, 11) is 0. The number of nitrogens with zero attached hydrogens (tertiary/aromatic N) is 2. The molecule has 12 heteroatoms. The third kappa shape index (κ3) is 4.85. The van der Waals surface area contributed by atoms with E-state index < -0.39 is 47.7 Å². The minimum atomic E-state index is -4.86. The van der Waals surface area contributed by atoms with Gasteiger partial charge < -0.3 is 9.64 Å². The van der Waals surface area contributed by atoms with Crippen LogP contribution in [0.25, 0.3) is 0 Å². The molecule has 0 bridgehead atoms. The molecule has 2 aromatic carbocycles. The minimum Gasteiger partial charge on any atom is -0.406 e. The average Bonchev–Trinajstić information content (AvgIpc) is 3.07. The summed E-state index contributed by atoms with van der Waals surface area (Å²) in [5.74, 6) is -3.03. The van der Waals surface area contributed by atoms with Crippen molar-refractivity contribution in [3.8, 4) is 5.75 Å². The maximum absolute atomic E-state index is 13.2. The molecule has 1 atom stereocenters. The molecule has 0 radical (unpaired) electrons. The smallest absolute Gasteiger partial charge is 0.406 e. The van der Waals surface area contributed by atoms with E-state index in [1.54, 1.807) is 12.1 Å². The summed E-state index contributed by atoms with van der Waals surface area (Å²) >= 11 is 0. The van der Waals surface area contributed by atoms with E-state index in [0.29, 0.717) is 31.5 Å². The second-order valence-electron chi connectivity index (χ2n) is 9.48. The standard InChI is InChI=1S/C26H22F3N3O6/c27-26(28,29)38-17-5-1-4-16(11-17)23(35)31-12-14(13-31)7-8-15-3-2-6-18-21(15)25(37)32(24(18)36)19-9-10-20(33)30-22(19)34/h1-6,11,14,19H,7-10,12-13H2,(H,30,33,34). The number of aryl methyl sites for hydroxylation is 1. The van der Waals surface area contributed by atoms with Crippen molar-refractivity contribution in [3.63, 3.8) is 0 Å². The van der Waals surface area contributed by atoms with Gasteiger partial charge in [-0.1, -0.05) is 18.2 Å². The SMILES string of the molecule is O=C1CCC(N2C(=O)c3cccc(CCC4CN(C(=O)c5cccc(OC(F)(F)F)c5)C4)c3C2=O)C(=O)N1. The van der Waals surface area contributed by atoms with Crippen LogP contribution in [0.5, 0.6) is 5.75 Å². The lowest BCUT2D eigenvalue weighted by Crippen LogP contribution is -2.54. The van der Waals surface area contributed by atoms with E-state index in [-0.39, 0.29) is 35.4 Å². The summed E-state index contributed by atoms with van der Waals surface area (Å²) in [4.78, 5) is 65.0. The van der Waals surface area contributed by atoms with E-state index in [1.165, 1.54) is 23.1 Å². The monoisotopic (exact) mass is 529 g/mol. The number of benzene rings is 2. The van der Waals surface area contributed by atoms with Crippen molar-refractivity contribution < 1.29 is 41.9 Å². The largest absolute Gasteiger partial charge is 0.573 e. The number of rotatable bonds is 6. The maximum Gasteiger partial charge on any atom is 0.573 e. The van der Waals surface area contributed by atoms with Gasteiger partial charge in [0.2, 0.25) is 11.8 Å². The summed E-state index contributed by atoms with van der Waals surface area (Å²) in [6.07, 6.45) is -3.69. The first-order valence-electron chi connectivity index (χ1n) is 12.0. The minimum absolute atomic E-state index is 0.0349. The molecule has 1 N–H and O–H groups in total. The van der Waals surface area contributed by atoms with Crippen LogP contribution in [-0.4, -0.2) is 64.8 Å². The molecule has 5 amide bonds. The number of carbonyl (C=O) groups excluding carboxylic acids is 5. The Bertz CT molecular complexity index is 1350. The number of hydrogen-bond acceptors (Lipinski definition) is 6. The molecule has 0 saturated carbocycles. The van der Waals surface area contributed by atoms with Crippen molar-refractivity contribution in [2.45, 2.75) is 38.1 Å². The van der Waals surface area contributed by atoms with Crippen molar-refractivity contribution in [1.29, 1.82) is 0 Å². The topological polar surface area (TPSA) is 113 Å². The highest BCUT2D eigenvalue weighted by Crippen LogP contribution is 2.32. The lowest BCUT2D eigenvalue weighted by molar-refractivity contribution is -0.274. The van der Waals surface area contributed by atoms with Gasteiger partial charge in [0.25, 0.3) is 17.7 Å². The highest BCUT2D eigenvalue weighted by Gasteiger charge is 2.45. The fourth-order valence-corrected chi connectivity index (χ4v) is 5.08. The second kappa shape index (κ2) is 9.58. The number of carbonyl (C=O) groups is 5. The summed E-state index contributed by atoms with van der Waals surface area (Å²) in [6, 6.07) is 8.80. The highest BCUT2D eigenvalue weighted by molar-refractivity contribution is 6.24. The molecule has 3 heterocycles. The summed E-state index contributed by atoms with van der Waals surface area (Å²) in [5, 5.41) is 2.17. The molecule has 5 rings (SSSR count). The number of amides is 5. The van der Waals surface area contributed by atoms with Gasteiger partial charge in [-0.25, -0.2) is 0 Å². The molecule has 1 unspecified atom stereocenters. The average molecular weight is 529 g/mol. The Morgan fingerprint density at radius 3 is 2.47 bits per heavy atom. The molecule has 2 saturated heterocycles. The zero-order chi connectivity index (χ0) is 27.2. The molecule has 9 nitrogen and oxygen atoms in total. The Labute approximate surface area is 214 Å². The van der Waals surface area contributed by atoms with Crippen LogP contribution in [0.1, 0.15) is 55.9 Å². The normalized spacial score (nSPS) is 19.8. The number of nitrogens with one attached hydrogen (secondary N) is 1. The van der Waals surface area contributed by atoms with Crippen molar-refractivity contribution in [2.75, 3.05) is 13.1 Å². The molecular formula is C26H22F3N3O6. The van der Waals surface area contributed by atoms with Gasteiger partial charge in [0.05, 0.1) is 11.1 Å². The third-order valence-corrected chi connectivity index (χ3v) is 6.94. The Kier molecular flexibility index (Phi) is 6.41. The van der Waals surface area contributed by atoms with Gasteiger partial charge in [-0.2, -0.15) is 0 Å². The van der Waals surface area contributed by atoms with Gasteiger partial charge in [-0.05, 0) is 55.0 Å². The molecule has 0 aliphatic carbocycles. The van der Waals surface area contributed by atoms with Crippen LogP contribution in [-0.2, 0) is 16.0 Å². The van der Waals surface area contributed by atoms with E-state index in [0.717, 1.165) is 17.0 Å². The van der Waals surface area contributed by atoms with Gasteiger partial charge >= 0.3 is 6.36 Å². The van der Waals surface area contributed by atoms with Gasteiger partial charge in [-0.3, -0.25) is 34.2 Å². The van der Waals surface area contributed by atoms with Gasteiger partial charge in [-0.15, -0.1) is 13.2 Å². The quantitative estimate of drug-likeness (QED) is 0.576. The predicted octanol–water partition coefficient (Wildman–Crippen LogP) is 2.69. The fraction of sp³-hybridized carbons (Fsp3) is 0.346. The molecule has 0 spiro atoms. The lowest BCUT2D eigenvalue weighted by Gasteiger charge is -2.39. The second-order valence-corrected chi connectivity index (χ2v) is 9.48. The maximum atomic E-state index is 13.2. The van der Waals surface area contributed by atoms with E-state index in [1.807, 2.05) is 0 Å². The molecule has 3 aliphatic heterocycles. The zero-order valence-corrected chi connectivity index (χ0v) is 19.9. The summed E-state index contributed by atoms with van der Waals surface area (Å²) in [6.45, 7) is 0.793. The van der Waals surface area contributed by atoms with E-state index in [2.05, 4.69) is 10.1 Å². The van der Waals surface area contributed by atoms with Crippen LogP contribution in [0.2, 0.25) is 0 Å². The molecule has 0 aromatic heterocycles. The van der Waals surface area contributed by atoms with E-state index in [4.69, 9.17) is 0 Å². The zero-order valence-electron chi connectivity index (χ0n) is 19.9. The third-order valence-electron chi connectivity index (χ3n) is 6.94. The van der Waals surface area contributed by atoms with Crippen LogP contribution >= 0.6 is 0 Å². The fourth-order valence-electron chi connectivity index (χ4n) is 5.08. The number of piperidine rings is 1. The molecule has 3 aliphatic rings. The summed E-state index contributed by atoms with van der Waals surface area (Å²) < 4.78 is 41.3. The number of imide groups is 2. The van der Waals surface area contributed by atoms with E-state index in [9.17, 15) is 37.1 Å². The molecule has 38 heavy (non-hydrogen) atoms. The van der Waals surface area contributed by atoms with Gasteiger partial charge in [0, 0.05) is 25.1 Å². The van der Waals surface area contributed by atoms with Crippen molar-refractivity contribution in [3.05, 3.63) is 64.7 Å². The van der Waals surface area contributed by atoms with Crippen LogP contribution in [0.4, 0.5) is 13.2 Å². The number of fused-ring (bicyclic) bond motifs is 1. The molecular weight excluding hydrogens is 507 g/mol. The van der Waals surface area contributed by atoms with Crippen LogP contribution in [0.3, 0.4) is 0 Å². The van der Waals surface area contributed by atoms with Crippen molar-refractivity contribution >= 4 is 29.5 Å². The van der Waals surface area contributed by atoms with Crippen molar-refractivity contribution in [2.24, 2.45) is 5.92 Å². The number of ether oxygens (including phenoxy) is 1. The van der Waals surface area contributed by atoms with Crippen molar-refractivity contribution in [1.82, 2.24) is 15.1 Å². The van der Waals surface area contributed by atoms with Gasteiger partial charge in [0.1, 0.15) is 11.8 Å². The number of hydrogen-bond donors (Lipinski definition) is 1. The van der Waals surface area contributed by atoms with Crippen LogP contribution in [0, 0.1) is 5.92 Å². The predicted molar refractivity (Wildman–Crippen MR) is 124 cm³/mol. The number of alkyl halides is 3. The Hall–Kier alpha value is -4.22. The lowest BCUT2D eigenvalue weighted by atomic mass is 9.90. The van der Waals surface area contributed by atoms with E-state index >= 15 is 0 Å². The first kappa shape index (κ1) is 25.4. The molecule has 2 fully saturated rings. The highest BCUT2D eigenvalue weighted by atomic mass is 19.4.